The fourth-order valence-electron chi connectivity index (χ4n) is 2.70. The summed E-state index contributed by atoms with van der Waals surface area (Å²) in [6.45, 7) is 0. The number of rotatable bonds is 9. The monoisotopic (exact) mass is 427 g/mol. The molecule has 0 aliphatic carbocycles. The van der Waals surface area contributed by atoms with Crippen LogP contribution in [0, 0.1) is 0 Å². The molecule has 0 aliphatic rings. The molecule has 7 nitrogen and oxygen atoms in total. The molecular formula is C19H19Cl2NO6. The topological polar surface area (TPSA) is 127 Å². The summed E-state index contributed by atoms with van der Waals surface area (Å²) in [7, 11) is 0. The van der Waals surface area contributed by atoms with E-state index < -0.39 is 30.3 Å². The van der Waals surface area contributed by atoms with Crippen molar-refractivity contribution in [1.29, 1.82) is 0 Å². The minimum absolute atomic E-state index is 0.193. The van der Waals surface area contributed by atoms with Crippen molar-refractivity contribution in [3.8, 4) is 11.1 Å². The summed E-state index contributed by atoms with van der Waals surface area (Å²) in [5, 5.41) is 40.3. The minimum Gasteiger partial charge on any atom is -0.479 e. The molecule has 3 atom stereocenters. The molecule has 2 aromatic carbocycles. The summed E-state index contributed by atoms with van der Waals surface area (Å²) in [5.74, 6) is -2.93. The van der Waals surface area contributed by atoms with Gasteiger partial charge in [-0.2, -0.15) is 0 Å². The number of hydrogen-bond donors (Lipinski definition) is 5. The molecule has 150 valence electrons. The maximum absolute atomic E-state index is 10.9. The normalized spacial score (nSPS) is 14.3. The average Bonchev–Trinajstić information content (AvgIpc) is 2.64. The Bertz CT molecular complexity index is 821. The van der Waals surface area contributed by atoms with E-state index in [-0.39, 0.29) is 12.8 Å². The number of benzene rings is 2. The van der Waals surface area contributed by atoms with Crippen LogP contribution in [-0.2, 0) is 16.0 Å². The number of aliphatic carboxylic acids is 2. The third-order valence-corrected chi connectivity index (χ3v) is 4.66. The molecule has 2 aromatic rings. The number of aliphatic hydroxyl groups excluding tert-OH is 2. The van der Waals surface area contributed by atoms with Gasteiger partial charge in [-0.15, -0.1) is 0 Å². The van der Waals surface area contributed by atoms with Gasteiger partial charge in [0.15, 0.2) is 6.10 Å². The molecule has 2 rings (SSSR count). The number of carbonyl (C=O) groups is 2. The Morgan fingerprint density at radius 3 is 2.18 bits per heavy atom. The third-order valence-electron chi connectivity index (χ3n) is 4.10. The van der Waals surface area contributed by atoms with E-state index in [1.165, 1.54) is 0 Å². The van der Waals surface area contributed by atoms with Gasteiger partial charge in [-0.3, -0.25) is 5.32 Å². The van der Waals surface area contributed by atoms with Crippen molar-refractivity contribution >= 4 is 35.1 Å². The van der Waals surface area contributed by atoms with E-state index in [1.807, 2.05) is 0 Å². The van der Waals surface area contributed by atoms with E-state index in [0.29, 0.717) is 10.0 Å². The molecule has 0 aliphatic heterocycles. The molecule has 0 spiro atoms. The first-order valence-electron chi connectivity index (χ1n) is 8.29. The summed E-state index contributed by atoms with van der Waals surface area (Å²) in [5.41, 5.74) is 2.31. The second-order valence-corrected chi connectivity index (χ2v) is 7.06. The first-order chi connectivity index (χ1) is 13.2. The van der Waals surface area contributed by atoms with Crippen LogP contribution in [-0.4, -0.2) is 50.7 Å². The van der Waals surface area contributed by atoms with Crippen molar-refractivity contribution in [1.82, 2.24) is 5.32 Å². The molecular weight excluding hydrogens is 409 g/mol. The fraction of sp³-hybridized carbons (Fsp3) is 0.263. The Morgan fingerprint density at radius 1 is 0.964 bits per heavy atom. The number of hydrogen-bond acceptors (Lipinski definition) is 5. The van der Waals surface area contributed by atoms with Gasteiger partial charge < -0.3 is 20.4 Å². The largest absolute Gasteiger partial charge is 0.479 e. The van der Waals surface area contributed by atoms with E-state index in [0.717, 1.165) is 16.7 Å². The predicted molar refractivity (Wildman–Crippen MR) is 104 cm³/mol. The minimum atomic E-state index is -1.88. The summed E-state index contributed by atoms with van der Waals surface area (Å²) in [6, 6.07) is 11.4. The third kappa shape index (κ3) is 6.19. The molecule has 3 unspecified atom stereocenters. The smallest absolute Gasteiger partial charge is 0.347 e. The molecule has 0 radical (unpaired) electrons. The van der Waals surface area contributed by atoms with Gasteiger partial charge in [0, 0.05) is 21.7 Å². The Kier molecular flexibility index (Phi) is 7.79. The lowest BCUT2D eigenvalue weighted by Crippen LogP contribution is -2.46. The van der Waals surface area contributed by atoms with Crippen LogP contribution in [0.15, 0.2) is 42.5 Å². The van der Waals surface area contributed by atoms with Gasteiger partial charge in [-0.05, 0) is 42.2 Å². The maximum Gasteiger partial charge on any atom is 0.347 e. The molecule has 0 bridgehead atoms. The van der Waals surface area contributed by atoms with Crippen LogP contribution in [0.4, 0.5) is 0 Å². The highest BCUT2D eigenvalue weighted by Crippen LogP contribution is 2.30. The predicted octanol–water partition coefficient (Wildman–Crippen LogP) is 2.40. The van der Waals surface area contributed by atoms with Crippen molar-refractivity contribution in [2.45, 2.75) is 31.2 Å². The van der Waals surface area contributed by atoms with E-state index in [1.54, 1.807) is 42.5 Å². The molecule has 0 heterocycles. The summed E-state index contributed by atoms with van der Waals surface area (Å²) in [4.78, 5) is 21.7. The van der Waals surface area contributed by atoms with E-state index in [9.17, 15) is 19.8 Å². The van der Waals surface area contributed by atoms with Crippen LogP contribution in [0.25, 0.3) is 11.1 Å². The van der Waals surface area contributed by atoms with E-state index in [2.05, 4.69) is 5.32 Å². The van der Waals surface area contributed by atoms with Gasteiger partial charge in [-0.1, -0.05) is 47.5 Å². The lowest BCUT2D eigenvalue weighted by molar-refractivity contribution is -0.149. The first-order valence-corrected chi connectivity index (χ1v) is 9.05. The summed E-state index contributed by atoms with van der Waals surface area (Å²) < 4.78 is 0. The van der Waals surface area contributed by atoms with Crippen LogP contribution >= 0.6 is 23.2 Å². The van der Waals surface area contributed by atoms with Crippen molar-refractivity contribution < 1.29 is 30.0 Å². The number of carboxylic acid groups (broad SMARTS) is 2. The zero-order valence-electron chi connectivity index (χ0n) is 14.5. The fourth-order valence-corrected chi connectivity index (χ4v) is 3.10. The molecule has 5 N–H and O–H groups in total. The SMILES string of the molecule is O=C(O)C(O)CC(Cc1ccc(-c2cc(Cl)ccc2Cl)cc1)NC(O)C(=O)O. The number of aliphatic hydroxyl groups is 2. The van der Waals surface area contributed by atoms with Gasteiger partial charge in [0.05, 0.1) is 0 Å². The lowest BCUT2D eigenvalue weighted by atomic mass is 9.97. The lowest BCUT2D eigenvalue weighted by Gasteiger charge is -2.22. The second kappa shape index (κ2) is 9.86. The first kappa shape index (κ1) is 22.1. The van der Waals surface area contributed by atoms with Crippen LogP contribution in [0.5, 0.6) is 0 Å². The van der Waals surface area contributed by atoms with Crippen LogP contribution in [0.2, 0.25) is 10.0 Å². The van der Waals surface area contributed by atoms with Gasteiger partial charge >= 0.3 is 11.9 Å². The Hall–Kier alpha value is -2.16. The van der Waals surface area contributed by atoms with E-state index >= 15 is 0 Å². The maximum atomic E-state index is 10.9. The molecule has 28 heavy (non-hydrogen) atoms. The molecule has 0 fully saturated rings. The van der Waals surface area contributed by atoms with E-state index in [4.69, 9.17) is 33.4 Å². The van der Waals surface area contributed by atoms with Crippen molar-refractivity contribution in [2.24, 2.45) is 0 Å². The number of halogens is 2. The molecule has 0 amide bonds. The van der Waals surface area contributed by atoms with Crippen LogP contribution < -0.4 is 5.32 Å². The van der Waals surface area contributed by atoms with Gasteiger partial charge in [0.1, 0.15) is 0 Å². The Balaban J connectivity index is 2.17. The Morgan fingerprint density at radius 2 is 1.61 bits per heavy atom. The highest BCUT2D eigenvalue weighted by Gasteiger charge is 2.24. The standard InChI is InChI=1S/C19H19Cl2NO6/c20-12-5-6-15(21)14(8-12)11-3-1-10(2-4-11)7-13(9-16(23)18(25)26)22-17(24)19(27)28/h1-6,8,13,16-17,22-24H,7,9H2,(H,25,26)(H,27,28). The van der Waals surface area contributed by atoms with Gasteiger partial charge in [-0.25, -0.2) is 9.59 Å². The highest BCUT2D eigenvalue weighted by molar-refractivity contribution is 6.35. The zero-order chi connectivity index (χ0) is 20.8. The number of nitrogens with one attached hydrogen (secondary N) is 1. The second-order valence-electron chi connectivity index (χ2n) is 6.22. The molecule has 0 saturated carbocycles. The van der Waals surface area contributed by atoms with Gasteiger partial charge in [0.25, 0.3) is 0 Å². The zero-order valence-corrected chi connectivity index (χ0v) is 16.1. The molecule has 0 aromatic heterocycles. The highest BCUT2D eigenvalue weighted by atomic mass is 35.5. The average molecular weight is 428 g/mol. The summed E-state index contributed by atoms with van der Waals surface area (Å²) >= 11 is 12.2. The van der Waals surface area contributed by atoms with Gasteiger partial charge in [0.2, 0.25) is 6.23 Å². The van der Waals surface area contributed by atoms with Crippen molar-refractivity contribution in [3.63, 3.8) is 0 Å². The van der Waals surface area contributed by atoms with Crippen molar-refractivity contribution in [2.75, 3.05) is 0 Å². The van der Waals surface area contributed by atoms with Crippen molar-refractivity contribution in [3.05, 3.63) is 58.1 Å². The van der Waals surface area contributed by atoms with Crippen LogP contribution in [0.1, 0.15) is 12.0 Å². The summed E-state index contributed by atoms with van der Waals surface area (Å²) in [6.07, 6.45) is -3.65. The number of carboxylic acids is 2. The molecule has 9 heteroatoms. The quantitative estimate of drug-likeness (QED) is 0.388. The Labute approximate surface area is 171 Å². The van der Waals surface area contributed by atoms with Crippen LogP contribution in [0.3, 0.4) is 0 Å². The molecule has 0 saturated heterocycles.